The molecule has 0 spiro atoms. The minimum absolute atomic E-state index is 0.00459. The number of carboxylic acids is 1. The molecule has 1 aliphatic carbocycles. The smallest absolute Gasteiger partial charge is 0.326 e. The number of amides is 4. The number of hydrogen-bond donors (Lipinski definition) is 12. The van der Waals surface area contributed by atoms with Crippen LogP contribution in [0.1, 0.15) is 72.7 Å². The van der Waals surface area contributed by atoms with Crippen molar-refractivity contribution in [2.45, 2.75) is 83.3 Å². The lowest BCUT2D eigenvalue weighted by Crippen LogP contribution is -2.57. The van der Waals surface area contributed by atoms with Gasteiger partial charge >= 0.3 is 5.97 Å². The summed E-state index contributed by atoms with van der Waals surface area (Å²) in [6.07, 6.45) is 4.80. The first kappa shape index (κ1) is 55.9. The predicted molar refractivity (Wildman–Crippen MR) is 264 cm³/mol. The van der Waals surface area contributed by atoms with Crippen LogP contribution in [-0.4, -0.2) is 144 Å². The van der Waals surface area contributed by atoms with Gasteiger partial charge in [-0.05, 0) is 85.6 Å². The Labute approximate surface area is 416 Å². The molecule has 2 aliphatic rings. The van der Waals surface area contributed by atoms with Crippen molar-refractivity contribution in [1.82, 2.24) is 35.5 Å². The van der Waals surface area contributed by atoms with Crippen molar-refractivity contribution < 1.29 is 62.3 Å². The van der Waals surface area contributed by atoms with E-state index in [-0.39, 0.29) is 82.6 Å². The topological polar surface area (TPSA) is 400 Å². The Morgan fingerprint density at radius 2 is 1.64 bits per heavy atom. The fourth-order valence-electron chi connectivity index (χ4n) is 7.63. The highest BCUT2D eigenvalue weighted by atomic mass is 32.2. The van der Waals surface area contributed by atoms with Gasteiger partial charge in [-0.2, -0.15) is 13.1 Å². The lowest BCUT2D eigenvalue weighted by atomic mass is 9.93. The highest BCUT2D eigenvalue weighted by Crippen LogP contribution is 2.51. The molecule has 4 bridgehead atoms. The molecule has 0 unspecified atom stereocenters. The van der Waals surface area contributed by atoms with Crippen molar-refractivity contribution in [3.05, 3.63) is 88.9 Å². The minimum atomic E-state index is -4.55. The zero-order valence-electron chi connectivity index (χ0n) is 40.5. The number of anilines is 1. The first-order valence-corrected chi connectivity index (χ1v) is 24.2. The number of aliphatic carboxylic acids is 1. The number of carbonyl (C=O) groups excluding carboxylic acids is 4. The number of aliphatic hydroxyl groups is 2. The van der Waals surface area contributed by atoms with Crippen LogP contribution in [0.25, 0.3) is 16.7 Å². The Morgan fingerprint density at radius 1 is 1.00 bits per heavy atom. The molecule has 72 heavy (non-hydrogen) atoms. The van der Waals surface area contributed by atoms with E-state index in [1.165, 1.54) is 38.1 Å². The van der Waals surface area contributed by atoms with E-state index in [0.29, 0.717) is 11.1 Å². The Bertz CT molecular complexity index is 2740. The molecule has 2 aromatic carbocycles. The van der Waals surface area contributed by atoms with E-state index in [1.54, 1.807) is 19.1 Å². The number of nitrogens with zero attached hydrogens (tertiary/aromatic N) is 3. The monoisotopic (exact) mass is 1020 g/mol. The SMILES string of the molecule is C=C/C(=C\C=C(/C)c1nc(C)c(C(=O)N[C@@H](CNS(N)(=O)=O)C(=O)N(C)[C@@H]2C(=O)N[C@@H](C)C(=O)N[C@H](C(=O)O)Cc3ccc(OC[C@H](O)CN)c(c3)-c3cc2cc(OC[C@H](O)CN)c3O)c(N)n1)C1(C)CC1. The molecule has 1 saturated carbocycles. The summed E-state index contributed by atoms with van der Waals surface area (Å²) >= 11 is 0. The molecule has 24 nitrogen and oxygen atoms in total. The number of aliphatic hydroxyl groups excluding tert-OH is 2. The van der Waals surface area contributed by atoms with E-state index in [1.807, 2.05) is 10.8 Å². The van der Waals surface area contributed by atoms with Gasteiger partial charge in [0, 0.05) is 44.2 Å². The zero-order valence-corrected chi connectivity index (χ0v) is 41.3. The molecular weight excluding hydrogens is 959 g/mol. The number of nitrogen functional groups attached to an aromatic ring is 1. The number of aromatic nitrogens is 2. The van der Waals surface area contributed by atoms with Crippen LogP contribution in [0.4, 0.5) is 5.82 Å². The lowest BCUT2D eigenvalue weighted by Gasteiger charge is -2.33. The second-order valence-corrected chi connectivity index (χ2v) is 19.3. The number of phenols is 1. The number of rotatable bonds is 20. The summed E-state index contributed by atoms with van der Waals surface area (Å²) in [6.45, 7) is 8.32. The Kier molecular flexibility index (Phi) is 18.2. The lowest BCUT2D eigenvalue weighted by molar-refractivity contribution is -0.143. The van der Waals surface area contributed by atoms with Gasteiger partial charge in [-0.25, -0.2) is 19.9 Å². The van der Waals surface area contributed by atoms with Crippen molar-refractivity contribution in [3.63, 3.8) is 0 Å². The van der Waals surface area contributed by atoms with Gasteiger partial charge in [0.2, 0.25) is 17.7 Å². The molecule has 0 saturated heterocycles. The number of nitrogens with one attached hydrogen (secondary N) is 4. The second kappa shape index (κ2) is 23.5. The number of allylic oxidation sites excluding steroid dienone is 5. The number of fused-ring (bicyclic) bond motifs is 5. The third kappa shape index (κ3) is 13.9. The van der Waals surface area contributed by atoms with Gasteiger partial charge in [0.25, 0.3) is 16.1 Å². The number of phenolic OH excluding ortho intramolecular Hbond substituents is 1. The number of carbonyl (C=O) groups is 5. The van der Waals surface area contributed by atoms with Crippen LogP contribution in [0.15, 0.2) is 60.7 Å². The third-order valence-corrected chi connectivity index (χ3v) is 12.7. The highest BCUT2D eigenvalue weighted by Gasteiger charge is 2.40. The molecule has 6 atom stereocenters. The molecule has 0 radical (unpaired) electrons. The predicted octanol–water partition coefficient (Wildman–Crippen LogP) is -0.826. The highest BCUT2D eigenvalue weighted by molar-refractivity contribution is 7.87. The maximum absolute atomic E-state index is 14.9. The molecule has 1 aliphatic heterocycles. The van der Waals surface area contributed by atoms with Crippen molar-refractivity contribution >= 4 is 51.2 Å². The zero-order chi connectivity index (χ0) is 53.4. The Balaban J connectivity index is 1.65. The van der Waals surface area contributed by atoms with Gasteiger partial charge in [0.15, 0.2) is 17.3 Å². The number of aryl methyl sites for hydroxylation is 1. The molecule has 2 heterocycles. The van der Waals surface area contributed by atoms with Crippen LogP contribution in [0.3, 0.4) is 0 Å². The first-order valence-electron chi connectivity index (χ1n) is 22.7. The standard InChI is InChI=1S/C47H63N11O13S/c1-7-28(47(5)12-13-47)10-8-23(2)41-53-24(3)37(40(50)57-41)43(63)56-34(20-52-72(51,68)69)45(65)58(6)38-27-16-32(39(61)36(17-27)71-22-30(60)19-49)31-14-26(9-11-35(31)70-21-29(59)18-48)15-33(46(66)67)55-42(62)25(4)54-44(38)64/h7-11,14,16-17,25,29-30,33-34,38,52,59-61H,1,12-13,15,18-22,48-49H2,2-6H3,(H,54,64)(H,55,62)(H,56,63)(H,66,67)(H2,50,53,57)(H2,51,68,69)/b23-8+,28-10+/t25-,29+,30+,33-,34-,38-/m0/s1. The van der Waals surface area contributed by atoms with Crippen molar-refractivity contribution in [2.75, 3.05) is 45.6 Å². The summed E-state index contributed by atoms with van der Waals surface area (Å²) in [5, 5.41) is 55.3. The number of hydrogen-bond acceptors (Lipinski definition) is 17. The van der Waals surface area contributed by atoms with Crippen LogP contribution < -0.4 is 52.5 Å². The molecule has 1 fully saturated rings. The summed E-state index contributed by atoms with van der Waals surface area (Å²) in [7, 11) is -3.43. The normalized spacial score (nSPS) is 19.3. The minimum Gasteiger partial charge on any atom is -0.504 e. The van der Waals surface area contributed by atoms with E-state index in [2.05, 4.69) is 39.4 Å². The number of likely N-dealkylation sites (N-methyl/N-ethyl adjacent to an activating group) is 1. The average molecular weight is 1020 g/mol. The molecule has 5 rings (SSSR count). The molecule has 16 N–H and O–H groups in total. The second-order valence-electron chi connectivity index (χ2n) is 17.9. The Morgan fingerprint density at radius 3 is 2.21 bits per heavy atom. The van der Waals surface area contributed by atoms with E-state index >= 15 is 0 Å². The fourth-order valence-corrected chi connectivity index (χ4v) is 8.03. The van der Waals surface area contributed by atoms with Crippen LogP contribution in [-0.2, 0) is 35.8 Å². The summed E-state index contributed by atoms with van der Waals surface area (Å²) < 4.78 is 38.3. The molecule has 25 heteroatoms. The van der Waals surface area contributed by atoms with Crippen LogP contribution >= 0.6 is 0 Å². The average Bonchev–Trinajstić information content (AvgIpc) is 4.07. The molecule has 4 amide bonds. The first-order chi connectivity index (χ1) is 33.8. The quantitative estimate of drug-likeness (QED) is 0.0615. The fraction of sp³-hybridized carbons (Fsp3) is 0.426. The summed E-state index contributed by atoms with van der Waals surface area (Å²) in [4.78, 5) is 79.4. The van der Waals surface area contributed by atoms with Crippen LogP contribution in [0, 0.1) is 12.3 Å². The van der Waals surface area contributed by atoms with Gasteiger partial charge in [-0.15, -0.1) is 0 Å². The summed E-state index contributed by atoms with van der Waals surface area (Å²) in [6, 6.07) is -0.00597. The third-order valence-electron chi connectivity index (χ3n) is 12.2. The number of nitrogens with two attached hydrogens (primary N) is 4. The summed E-state index contributed by atoms with van der Waals surface area (Å²) in [5.41, 5.74) is 19.1. The maximum atomic E-state index is 14.9. The van der Waals surface area contributed by atoms with Gasteiger partial charge in [0.05, 0.1) is 5.69 Å². The van der Waals surface area contributed by atoms with Crippen molar-refractivity contribution in [1.29, 1.82) is 0 Å². The molecule has 1 aromatic heterocycles. The van der Waals surface area contributed by atoms with E-state index in [0.717, 1.165) is 36.4 Å². The van der Waals surface area contributed by atoms with Crippen LogP contribution in [0.5, 0.6) is 17.2 Å². The molecular formula is C47H63N11O13S. The van der Waals surface area contributed by atoms with E-state index in [4.69, 9.17) is 31.8 Å². The van der Waals surface area contributed by atoms with Gasteiger partial charge in [0.1, 0.15) is 66.7 Å². The van der Waals surface area contributed by atoms with Gasteiger partial charge in [-0.1, -0.05) is 37.8 Å². The van der Waals surface area contributed by atoms with Crippen molar-refractivity contribution in [2.24, 2.45) is 22.0 Å². The van der Waals surface area contributed by atoms with E-state index < -0.39 is 95.1 Å². The van der Waals surface area contributed by atoms with Gasteiger partial charge in [-0.3, -0.25) is 19.2 Å². The summed E-state index contributed by atoms with van der Waals surface area (Å²) in [5.74, 6) is -6.69. The van der Waals surface area contributed by atoms with Crippen LogP contribution in [0.2, 0.25) is 0 Å². The van der Waals surface area contributed by atoms with Crippen molar-refractivity contribution in [3.8, 4) is 28.4 Å². The van der Waals surface area contributed by atoms with Gasteiger partial charge < -0.3 is 68.0 Å². The number of carboxylic acid groups (broad SMARTS) is 1. The number of aromatic hydroxyl groups is 1. The number of ether oxygens (including phenoxy) is 2. The largest absolute Gasteiger partial charge is 0.504 e. The maximum Gasteiger partial charge on any atom is 0.326 e. The number of benzene rings is 2. The van der Waals surface area contributed by atoms with E-state index in [9.17, 15) is 52.8 Å². The molecule has 3 aromatic rings. The molecule has 390 valence electrons. The Hall–Kier alpha value is -7.00.